The lowest BCUT2D eigenvalue weighted by atomic mass is 9.68. The van der Waals surface area contributed by atoms with Gasteiger partial charge in [0.05, 0.1) is 5.92 Å². The topological polar surface area (TPSA) is 26.3 Å². The van der Waals surface area contributed by atoms with Crippen molar-refractivity contribution in [3.8, 4) is 0 Å². The van der Waals surface area contributed by atoms with Gasteiger partial charge in [0.15, 0.2) is 0 Å². The summed E-state index contributed by atoms with van der Waals surface area (Å²) in [6.45, 7) is 9.10. The van der Waals surface area contributed by atoms with Crippen molar-refractivity contribution in [3.05, 3.63) is 0 Å². The lowest BCUT2D eigenvalue weighted by Crippen LogP contribution is -2.50. The van der Waals surface area contributed by atoms with Crippen LogP contribution in [-0.4, -0.2) is 11.6 Å². The molecular weight excluding hydrogens is 284 g/mol. The van der Waals surface area contributed by atoms with E-state index < -0.39 is 0 Å². The molecule has 0 aromatic carbocycles. The highest BCUT2D eigenvalue weighted by Gasteiger charge is 2.64. The zero-order valence-corrected chi connectivity index (χ0v) is 15.4. The fraction of sp³-hybridized carbons (Fsp3) is 0.952. The summed E-state index contributed by atoms with van der Waals surface area (Å²) in [6.07, 6.45) is 8.93. The second-order valence-corrected chi connectivity index (χ2v) is 9.76. The van der Waals surface area contributed by atoms with Crippen LogP contribution in [0.5, 0.6) is 0 Å². The highest BCUT2D eigenvalue weighted by atomic mass is 16.6. The Kier molecular flexibility index (Phi) is 3.81. The van der Waals surface area contributed by atoms with Crippen LogP contribution < -0.4 is 0 Å². The minimum atomic E-state index is -0.140. The molecule has 4 saturated carbocycles. The van der Waals surface area contributed by atoms with Gasteiger partial charge in [-0.3, -0.25) is 4.79 Å². The minimum Gasteiger partial charge on any atom is -0.458 e. The zero-order valence-electron chi connectivity index (χ0n) is 15.4. The minimum absolute atomic E-state index is 0.137. The summed E-state index contributed by atoms with van der Waals surface area (Å²) in [5.74, 6) is 5.21. The van der Waals surface area contributed by atoms with Crippen molar-refractivity contribution in [2.75, 3.05) is 0 Å². The third kappa shape index (κ3) is 2.30. The first-order chi connectivity index (χ1) is 10.9. The van der Waals surface area contributed by atoms with Crippen LogP contribution in [0.15, 0.2) is 0 Å². The van der Waals surface area contributed by atoms with E-state index in [2.05, 4.69) is 27.7 Å². The van der Waals surface area contributed by atoms with E-state index in [9.17, 15) is 4.79 Å². The van der Waals surface area contributed by atoms with Gasteiger partial charge in [0.2, 0.25) is 0 Å². The van der Waals surface area contributed by atoms with Crippen LogP contribution in [0.1, 0.15) is 72.6 Å². The molecule has 0 aliphatic heterocycles. The Balaban J connectivity index is 1.54. The maximum absolute atomic E-state index is 13.0. The lowest BCUT2D eigenvalue weighted by Gasteiger charge is -2.45. The van der Waals surface area contributed by atoms with E-state index in [0.717, 1.165) is 30.6 Å². The van der Waals surface area contributed by atoms with Gasteiger partial charge >= 0.3 is 5.97 Å². The first kappa shape index (κ1) is 16.0. The summed E-state index contributed by atoms with van der Waals surface area (Å²) in [7, 11) is 0. The number of carbonyl (C=O) groups excluding carboxylic acids is 1. The molecule has 0 heterocycles. The molecule has 2 bridgehead atoms. The summed E-state index contributed by atoms with van der Waals surface area (Å²) in [5, 5.41) is 0. The maximum Gasteiger partial charge on any atom is 0.309 e. The van der Waals surface area contributed by atoms with E-state index in [0.29, 0.717) is 23.7 Å². The highest BCUT2D eigenvalue weighted by Crippen LogP contribution is 2.65. The number of carbonyl (C=O) groups is 1. The number of esters is 1. The maximum atomic E-state index is 13.0. The van der Waals surface area contributed by atoms with Gasteiger partial charge in [0.25, 0.3) is 0 Å². The number of ether oxygens (including phenoxy) is 1. The average molecular weight is 319 g/mol. The molecule has 0 radical (unpaired) electrons. The molecule has 2 nitrogen and oxygen atoms in total. The molecular formula is C21H34O2. The Labute approximate surface area is 141 Å². The summed E-state index contributed by atoms with van der Waals surface area (Å²) in [6, 6.07) is 0. The van der Waals surface area contributed by atoms with E-state index in [4.69, 9.17) is 4.74 Å². The third-order valence-corrected chi connectivity index (χ3v) is 8.20. The first-order valence-electron chi connectivity index (χ1n) is 10.1. The van der Waals surface area contributed by atoms with Crippen LogP contribution in [0.25, 0.3) is 0 Å². The summed E-state index contributed by atoms with van der Waals surface area (Å²) < 4.78 is 6.47. The monoisotopic (exact) mass is 318 g/mol. The fourth-order valence-corrected chi connectivity index (χ4v) is 7.19. The molecule has 23 heavy (non-hydrogen) atoms. The molecule has 8 atom stereocenters. The van der Waals surface area contributed by atoms with Crippen LogP contribution in [0.4, 0.5) is 0 Å². The quantitative estimate of drug-likeness (QED) is 0.680. The summed E-state index contributed by atoms with van der Waals surface area (Å²) in [4.78, 5) is 13.0. The number of hydrogen-bond donors (Lipinski definition) is 0. The zero-order chi connectivity index (χ0) is 16.4. The number of fused-ring (bicyclic) bond motifs is 5. The molecule has 0 N–H and O–H groups in total. The van der Waals surface area contributed by atoms with E-state index in [1.54, 1.807) is 0 Å². The SMILES string of the molecule is CC1CC(C)C(C(=O)OC2(C(C)C)CC3CC2C2CCCC32)C1. The van der Waals surface area contributed by atoms with Crippen molar-refractivity contribution in [3.63, 3.8) is 0 Å². The Bertz CT molecular complexity index is 484. The van der Waals surface area contributed by atoms with Crippen molar-refractivity contribution in [1.29, 1.82) is 0 Å². The second-order valence-electron chi connectivity index (χ2n) is 9.76. The van der Waals surface area contributed by atoms with E-state index >= 15 is 0 Å². The van der Waals surface area contributed by atoms with Crippen LogP contribution in [0.3, 0.4) is 0 Å². The molecule has 0 aromatic heterocycles. The van der Waals surface area contributed by atoms with Crippen LogP contribution in [-0.2, 0) is 9.53 Å². The lowest BCUT2D eigenvalue weighted by molar-refractivity contribution is -0.184. The molecule has 4 rings (SSSR count). The van der Waals surface area contributed by atoms with Gasteiger partial charge in [-0.15, -0.1) is 0 Å². The van der Waals surface area contributed by atoms with E-state index in [1.807, 2.05) is 0 Å². The van der Waals surface area contributed by atoms with Gasteiger partial charge < -0.3 is 4.74 Å². The fourth-order valence-electron chi connectivity index (χ4n) is 7.19. The van der Waals surface area contributed by atoms with Crippen LogP contribution >= 0.6 is 0 Å². The van der Waals surface area contributed by atoms with Gasteiger partial charge in [-0.1, -0.05) is 34.1 Å². The first-order valence-corrected chi connectivity index (χ1v) is 10.1. The second kappa shape index (κ2) is 5.49. The molecule has 130 valence electrons. The Morgan fingerprint density at radius 2 is 1.83 bits per heavy atom. The molecule has 0 aromatic rings. The molecule has 0 spiro atoms. The third-order valence-electron chi connectivity index (χ3n) is 8.20. The average Bonchev–Trinajstić information content (AvgIpc) is 3.19. The highest BCUT2D eigenvalue weighted by molar-refractivity contribution is 5.74. The van der Waals surface area contributed by atoms with Crippen molar-refractivity contribution < 1.29 is 9.53 Å². The predicted molar refractivity (Wildman–Crippen MR) is 91.8 cm³/mol. The van der Waals surface area contributed by atoms with Crippen LogP contribution in [0.2, 0.25) is 0 Å². The van der Waals surface area contributed by atoms with Gasteiger partial charge in [0.1, 0.15) is 5.60 Å². The smallest absolute Gasteiger partial charge is 0.309 e. The molecule has 8 unspecified atom stereocenters. The summed E-state index contributed by atoms with van der Waals surface area (Å²) >= 11 is 0. The van der Waals surface area contributed by atoms with Crippen molar-refractivity contribution in [2.24, 2.45) is 47.3 Å². The Morgan fingerprint density at radius 1 is 1.09 bits per heavy atom. The van der Waals surface area contributed by atoms with Crippen molar-refractivity contribution in [1.82, 2.24) is 0 Å². The largest absolute Gasteiger partial charge is 0.458 e. The Hall–Kier alpha value is -0.530. The standard InChI is InChI=1S/C21H34O2/c1-12(2)21(23-20(22)18-9-13(3)8-14(18)4)11-15-10-19(21)17-7-5-6-16(15)17/h12-19H,5-11H2,1-4H3. The molecule has 4 fully saturated rings. The van der Waals surface area contributed by atoms with Crippen LogP contribution in [0, 0.1) is 47.3 Å². The van der Waals surface area contributed by atoms with E-state index in [-0.39, 0.29) is 17.5 Å². The molecule has 0 saturated heterocycles. The van der Waals surface area contributed by atoms with Crippen molar-refractivity contribution >= 4 is 5.97 Å². The van der Waals surface area contributed by atoms with Gasteiger partial charge in [0, 0.05) is 5.92 Å². The molecule has 2 heteroatoms. The molecule has 4 aliphatic carbocycles. The number of hydrogen-bond acceptors (Lipinski definition) is 2. The molecule has 4 aliphatic rings. The molecule has 0 amide bonds. The van der Waals surface area contributed by atoms with Gasteiger partial charge in [-0.05, 0) is 74.0 Å². The summed E-state index contributed by atoms with van der Waals surface area (Å²) in [5.41, 5.74) is -0.140. The Morgan fingerprint density at radius 3 is 2.48 bits per heavy atom. The number of rotatable bonds is 3. The van der Waals surface area contributed by atoms with Gasteiger partial charge in [-0.2, -0.15) is 0 Å². The normalized spacial score (nSPS) is 51.4. The van der Waals surface area contributed by atoms with Gasteiger partial charge in [-0.25, -0.2) is 0 Å². The van der Waals surface area contributed by atoms with E-state index in [1.165, 1.54) is 32.1 Å². The predicted octanol–water partition coefficient (Wildman–Crippen LogP) is 5.06. The van der Waals surface area contributed by atoms with Crippen molar-refractivity contribution in [2.45, 2.75) is 78.2 Å².